The van der Waals surface area contributed by atoms with Gasteiger partial charge in [-0.15, -0.1) is 0 Å². The van der Waals surface area contributed by atoms with Crippen LogP contribution in [0, 0.1) is 17.8 Å². The molecule has 4 nitrogen and oxygen atoms in total. The lowest BCUT2D eigenvalue weighted by Crippen LogP contribution is -2.35. The van der Waals surface area contributed by atoms with Crippen LogP contribution in [-0.2, 0) is 11.2 Å². The van der Waals surface area contributed by atoms with Gasteiger partial charge in [0.05, 0.1) is 17.8 Å². The predicted octanol–water partition coefficient (Wildman–Crippen LogP) is 2.80. The van der Waals surface area contributed by atoms with Crippen LogP contribution in [0.4, 0.5) is 0 Å². The molecule has 1 fully saturated rings. The van der Waals surface area contributed by atoms with Gasteiger partial charge in [0.1, 0.15) is 0 Å². The van der Waals surface area contributed by atoms with Crippen molar-refractivity contribution < 1.29 is 9.90 Å². The molecular formula is C16H18N2O2. The van der Waals surface area contributed by atoms with Crippen molar-refractivity contribution in [2.45, 2.75) is 32.1 Å². The Morgan fingerprint density at radius 1 is 1.40 bits per heavy atom. The van der Waals surface area contributed by atoms with Gasteiger partial charge in [0, 0.05) is 5.92 Å². The molecule has 0 spiro atoms. The summed E-state index contributed by atoms with van der Waals surface area (Å²) < 4.78 is 0. The van der Waals surface area contributed by atoms with Crippen molar-refractivity contribution in [1.29, 1.82) is 0 Å². The molecule has 3 unspecified atom stereocenters. The molecule has 1 heterocycles. The van der Waals surface area contributed by atoms with E-state index in [0.717, 1.165) is 37.8 Å². The van der Waals surface area contributed by atoms with E-state index in [1.807, 2.05) is 6.20 Å². The molecule has 0 aliphatic heterocycles. The molecule has 0 aromatic carbocycles. The molecule has 1 aromatic rings. The van der Waals surface area contributed by atoms with Crippen LogP contribution in [0.3, 0.4) is 0 Å². The van der Waals surface area contributed by atoms with E-state index in [2.05, 4.69) is 22.3 Å². The SMILES string of the molecule is O=C(O)C1CCC=C2C3Cc4cn[nH]c4C=C3CCC21. The normalized spacial score (nSPS) is 31.5. The average molecular weight is 270 g/mol. The lowest BCUT2D eigenvalue weighted by molar-refractivity contribution is -0.143. The van der Waals surface area contributed by atoms with Crippen molar-refractivity contribution in [3.63, 3.8) is 0 Å². The summed E-state index contributed by atoms with van der Waals surface area (Å²) in [7, 11) is 0. The third-order valence-electron chi connectivity index (χ3n) is 5.19. The summed E-state index contributed by atoms with van der Waals surface area (Å²) in [4.78, 5) is 11.5. The average Bonchev–Trinajstić information content (AvgIpc) is 2.91. The van der Waals surface area contributed by atoms with E-state index in [4.69, 9.17) is 0 Å². The van der Waals surface area contributed by atoms with E-state index in [-0.39, 0.29) is 11.8 Å². The van der Waals surface area contributed by atoms with E-state index in [1.165, 1.54) is 16.7 Å². The maximum Gasteiger partial charge on any atom is 0.307 e. The number of aromatic nitrogens is 2. The van der Waals surface area contributed by atoms with Crippen LogP contribution in [0.25, 0.3) is 6.08 Å². The maximum absolute atomic E-state index is 11.5. The van der Waals surface area contributed by atoms with Gasteiger partial charge in [-0.05, 0) is 49.7 Å². The first-order valence-corrected chi connectivity index (χ1v) is 7.39. The summed E-state index contributed by atoms with van der Waals surface area (Å²) in [6.07, 6.45) is 11.1. The highest BCUT2D eigenvalue weighted by atomic mass is 16.4. The minimum atomic E-state index is -0.618. The molecule has 20 heavy (non-hydrogen) atoms. The van der Waals surface area contributed by atoms with Crippen LogP contribution in [0.1, 0.15) is 36.9 Å². The van der Waals surface area contributed by atoms with Gasteiger partial charge in [0.15, 0.2) is 0 Å². The third-order valence-corrected chi connectivity index (χ3v) is 5.19. The second-order valence-corrected chi connectivity index (χ2v) is 6.16. The zero-order valence-electron chi connectivity index (χ0n) is 11.3. The fourth-order valence-corrected chi connectivity index (χ4v) is 4.22. The van der Waals surface area contributed by atoms with Gasteiger partial charge in [0.2, 0.25) is 0 Å². The van der Waals surface area contributed by atoms with E-state index < -0.39 is 5.97 Å². The number of nitrogens with zero attached hydrogens (tertiary/aromatic N) is 1. The highest BCUT2D eigenvalue weighted by Crippen LogP contribution is 2.48. The number of aromatic amines is 1. The molecular weight excluding hydrogens is 252 g/mol. The molecule has 2 N–H and O–H groups in total. The van der Waals surface area contributed by atoms with Crippen molar-refractivity contribution in [3.8, 4) is 0 Å². The number of fused-ring (bicyclic) bond motifs is 4. The van der Waals surface area contributed by atoms with Crippen LogP contribution in [0.2, 0.25) is 0 Å². The summed E-state index contributed by atoms with van der Waals surface area (Å²) in [6, 6.07) is 0. The Balaban J connectivity index is 1.71. The molecule has 1 saturated carbocycles. The Bertz CT molecular complexity index is 626. The minimum absolute atomic E-state index is 0.178. The molecule has 0 bridgehead atoms. The second-order valence-electron chi connectivity index (χ2n) is 6.16. The van der Waals surface area contributed by atoms with Gasteiger partial charge in [-0.1, -0.05) is 17.2 Å². The number of carboxylic acid groups (broad SMARTS) is 1. The van der Waals surface area contributed by atoms with Gasteiger partial charge in [-0.25, -0.2) is 0 Å². The Labute approximate surface area is 117 Å². The molecule has 0 saturated heterocycles. The number of carbonyl (C=O) groups is 1. The largest absolute Gasteiger partial charge is 0.481 e. The highest BCUT2D eigenvalue weighted by Gasteiger charge is 2.41. The maximum atomic E-state index is 11.5. The Kier molecular flexibility index (Phi) is 2.59. The van der Waals surface area contributed by atoms with Crippen LogP contribution < -0.4 is 0 Å². The first-order chi connectivity index (χ1) is 9.74. The second kappa shape index (κ2) is 4.33. The quantitative estimate of drug-likeness (QED) is 0.771. The third kappa shape index (κ3) is 1.67. The molecule has 104 valence electrons. The lowest BCUT2D eigenvalue weighted by Gasteiger charge is -2.41. The van der Waals surface area contributed by atoms with E-state index in [0.29, 0.717) is 5.92 Å². The highest BCUT2D eigenvalue weighted by molar-refractivity contribution is 5.72. The van der Waals surface area contributed by atoms with Crippen molar-refractivity contribution >= 4 is 12.0 Å². The summed E-state index contributed by atoms with van der Waals surface area (Å²) in [5.74, 6) is -0.131. The molecule has 3 aliphatic carbocycles. The van der Waals surface area contributed by atoms with Crippen LogP contribution in [0.15, 0.2) is 23.4 Å². The number of rotatable bonds is 1. The van der Waals surface area contributed by atoms with E-state index in [9.17, 15) is 9.90 Å². The number of nitrogens with one attached hydrogen (secondary N) is 1. The number of H-pyrrole nitrogens is 1. The lowest BCUT2D eigenvalue weighted by atomic mass is 9.63. The van der Waals surface area contributed by atoms with Crippen LogP contribution in [0.5, 0.6) is 0 Å². The fraction of sp³-hybridized carbons (Fsp3) is 0.500. The topological polar surface area (TPSA) is 66.0 Å². The first-order valence-electron chi connectivity index (χ1n) is 7.39. The van der Waals surface area contributed by atoms with Crippen LogP contribution in [-0.4, -0.2) is 21.3 Å². The monoisotopic (exact) mass is 270 g/mol. The molecule has 0 radical (unpaired) electrons. The van der Waals surface area contributed by atoms with Gasteiger partial charge in [-0.3, -0.25) is 9.89 Å². The van der Waals surface area contributed by atoms with Crippen molar-refractivity contribution in [3.05, 3.63) is 34.7 Å². The molecule has 3 aliphatic rings. The Morgan fingerprint density at radius 2 is 2.30 bits per heavy atom. The van der Waals surface area contributed by atoms with Crippen molar-refractivity contribution in [2.24, 2.45) is 17.8 Å². The van der Waals surface area contributed by atoms with Crippen molar-refractivity contribution in [2.75, 3.05) is 0 Å². The van der Waals surface area contributed by atoms with Gasteiger partial charge in [-0.2, -0.15) is 5.10 Å². The van der Waals surface area contributed by atoms with Gasteiger partial charge < -0.3 is 5.11 Å². The van der Waals surface area contributed by atoms with Gasteiger partial charge in [0.25, 0.3) is 0 Å². The zero-order chi connectivity index (χ0) is 13.7. The standard InChI is InChI=1S/C16H18N2O2/c19-16(20)13-3-1-2-11-12(13)5-4-9-7-15-10(6-14(9)11)8-17-18-15/h2,7-8,12-14H,1,3-6H2,(H,17,18)(H,19,20). The van der Waals surface area contributed by atoms with Crippen LogP contribution >= 0.6 is 0 Å². The molecule has 3 atom stereocenters. The zero-order valence-corrected chi connectivity index (χ0v) is 11.3. The predicted molar refractivity (Wildman–Crippen MR) is 74.9 cm³/mol. The molecule has 4 heteroatoms. The Hall–Kier alpha value is -1.84. The Morgan fingerprint density at radius 3 is 3.15 bits per heavy atom. The van der Waals surface area contributed by atoms with E-state index in [1.54, 1.807) is 0 Å². The summed E-state index contributed by atoms with van der Waals surface area (Å²) in [5, 5.41) is 16.6. The first kappa shape index (κ1) is 11.9. The fourth-order valence-electron chi connectivity index (χ4n) is 4.22. The van der Waals surface area contributed by atoms with E-state index >= 15 is 0 Å². The molecule has 4 rings (SSSR count). The number of aliphatic carboxylic acids is 1. The number of hydrogen-bond donors (Lipinski definition) is 2. The smallest absolute Gasteiger partial charge is 0.307 e. The number of allylic oxidation sites excluding steroid dienone is 3. The summed E-state index contributed by atoms with van der Waals surface area (Å²) in [6.45, 7) is 0. The summed E-state index contributed by atoms with van der Waals surface area (Å²) >= 11 is 0. The number of hydrogen-bond acceptors (Lipinski definition) is 2. The van der Waals surface area contributed by atoms with Gasteiger partial charge >= 0.3 is 5.97 Å². The molecule has 1 aromatic heterocycles. The molecule has 0 amide bonds. The van der Waals surface area contributed by atoms with Crippen molar-refractivity contribution in [1.82, 2.24) is 10.2 Å². The minimum Gasteiger partial charge on any atom is -0.481 e. The summed E-state index contributed by atoms with van der Waals surface area (Å²) in [5.41, 5.74) is 5.24. The number of carboxylic acids is 1.